The van der Waals surface area contributed by atoms with Crippen LogP contribution in [0.3, 0.4) is 0 Å². The summed E-state index contributed by atoms with van der Waals surface area (Å²) in [6.07, 6.45) is 5.31. The minimum atomic E-state index is 0.473. The first-order chi connectivity index (χ1) is 10.2. The highest BCUT2D eigenvalue weighted by atomic mass is 15.2. The second-order valence-corrected chi connectivity index (χ2v) is 6.59. The highest BCUT2D eigenvalue weighted by molar-refractivity contribution is 5.24. The molecule has 2 atom stereocenters. The summed E-state index contributed by atoms with van der Waals surface area (Å²) in [5.74, 6) is 0.906. The molecule has 0 spiro atoms. The molecule has 0 amide bonds. The summed E-state index contributed by atoms with van der Waals surface area (Å²) in [4.78, 5) is 2.67. The SMILES string of the molecule is CCCNC(CN1CCCC(CC)C1)c1ccc(C)cc1. The zero-order valence-corrected chi connectivity index (χ0v) is 14.1. The monoisotopic (exact) mass is 288 g/mol. The molecule has 2 rings (SSSR count). The van der Waals surface area contributed by atoms with Gasteiger partial charge in [0, 0.05) is 19.1 Å². The third-order valence-electron chi connectivity index (χ3n) is 4.74. The van der Waals surface area contributed by atoms with Crippen LogP contribution in [-0.4, -0.2) is 31.1 Å². The van der Waals surface area contributed by atoms with Gasteiger partial charge in [0.05, 0.1) is 0 Å². The lowest BCUT2D eigenvalue weighted by molar-refractivity contribution is 0.156. The van der Waals surface area contributed by atoms with Crippen LogP contribution in [0.25, 0.3) is 0 Å². The fraction of sp³-hybridized carbons (Fsp3) is 0.684. The molecule has 1 saturated heterocycles. The van der Waals surface area contributed by atoms with E-state index in [0.717, 1.165) is 19.0 Å². The summed E-state index contributed by atoms with van der Waals surface area (Å²) in [6.45, 7) is 11.5. The van der Waals surface area contributed by atoms with E-state index in [1.807, 2.05) is 0 Å². The maximum atomic E-state index is 3.74. The number of nitrogens with one attached hydrogen (secondary N) is 1. The zero-order chi connectivity index (χ0) is 15.1. The van der Waals surface area contributed by atoms with Crippen molar-refractivity contribution in [3.05, 3.63) is 35.4 Å². The Morgan fingerprint density at radius 3 is 2.67 bits per heavy atom. The van der Waals surface area contributed by atoms with E-state index >= 15 is 0 Å². The Morgan fingerprint density at radius 1 is 1.24 bits per heavy atom. The van der Waals surface area contributed by atoms with E-state index in [9.17, 15) is 0 Å². The van der Waals surface area contributed by atoms with Gasteiger partial charge in [-0.1, -0.05) is 50.1 Å². The molecule has 1 aromatic carbocycles. The molecule has 0 aromatic heterocycles. The molecule has 0 saturated carbocycles. The highest BCUT2D eigenvalue weighted by Gasteiger charge is 2.21. The molecular weight excluding hydrogens is 256 g/mol. The van der Waals surface area contributed by atoms with Crippen molar-refractivity contribution in [1.29, 1.82) is 0 Å². The number of likely N-dealkylation sites (tertiary alicyclic amines) is 1. The van der Waals surface area contributed by atoms with Crippen LogP contribution in [0.2, 0.25) is 0 Å². The molecule has 1 heterocycles. The molecule has 2 heteroatoms. The number of piperidine rings is 1. The van der Waals surface area contributed by atoms with E-state index in [1.54, 1.807) is 0 Å². The van der Waals surface area contributed by atoms with Crippen molar-refractivity contribution < 1.29 is 0 Å². The van der Waals surface area contributed by atoms with E-state index in [0.29, 0.717) is 6.04 Å². The minimum absolute atomic E-state index is 0.473. The van der Waals surface area contributed by atoms with Crippen molar-refractivity contribution >= 4 is 0 Å². The molecule has 0 aliphatic carbocycles. The van der Waals surface area contributed by atoms with Crippen molar-refractivity contribution in [3.8, 4) is 0 Å². The van der Waals surface area contributed by atoms with Crippen LogP contribution < -0.4 is 5.32 Å². The van der Waals surface area contributed by atoms with Gasteiger partial charge in [-0.15, -0.1) is 0 Å². The van der Waals surface area contributed by atoms with Crippen LogP contribution in [0.1, 0.15) is 56.7 Å². The smallest absolute Gasteiger partial charge is 0.0449 e. The van der Waals surface area contributed by atoms with Gasteiger partial charge in [0.25, 0.3) is 0 Å². The average molecular weight is 288 g/mol. The van der Waals surface area contributed by atoms with Gasteiger partial charge in [-0.25, -0.2) is 0 Å². The number of hydrogen-bond acceptors (Lipinski definition) is 2. The molecule has 1 aromatic rings. The highest BCUT2D eigenvalue weighted by Crippen LogP contribution is 2.22. The molecule has 1 fully saturated rings. The van der Waals surface area contributed by atoms with Crippen LogP contribution >= 0.6 is 0 Å². The molecular formula is C19H32N2. The predicted octanol–water partition coefficient (Wildman–Crippen LogP) is 4.16. The maximum Gasteiger partial charge on any atom is 0.0449 e. The second-order valence-electron chi connectivity index (χ2n) is 6.59. The van der Waals surface area contributed by atoms with E-state index in [1.165, 1.54) is 49.9 Å². The number of aryl methyl sites for hydroxylation is 1. The molecule has 21 heavy (non-hydrogen) atoms. The van der Waals surface area contributed by atoms with Gasteiger partial charge < -0.3 is 10.2 Å². The summed E-state index contributed by atoms with van der Waals surface area (Å²) in [5.41, 5.74) is 2.78. The van der Waals surface area contributed by atoms with Gasteiger partial charge in [-0.2, -0.15) is 0 Å². The molecule has 2 unspecified atom stereocenters. The quantitative estimate of drug-likeness (QED) is 0.810. The van der Waals surface area contributed by atoms with E-state index < -0.39 is 0 Å². The zero-order valence-electron chi connectivity index (χ0n) is 14.1. The Morgan fingerprint density at radius 2 is 2.00 bits per heavy atom. The van der Waals surface area contributed by atoms with Crippen molar-refractivity contribution in [2.24, 2.45) is 5.92 Å². The first-order valence-corrected chi connectivity index (χ1v) is 8.75. The number of hydrogen-bond donors (Lipinski definition) is 1. The van der Waals surface area contributed by atoms with Gasteiger partial charge in [-0.05, 0) is 50.8 Å². The standard InChI is InChI=1S/C19H32N2/c1-4-12-20-19(18-10-8-16(3)9-11-18)15-21-13-6-7-17(5-2)14-21/h8-11,17,19-20H,4-7,12-15H2,1-3H3. The van der Waals surface area contributed by atoms with E-state index in [-0.39, 0.29) is 0 Å². The first-order valence-electron chi connectivity index (χ1n) is 8.75. The van der Waals surface area contributed by atoms with Gasteiger partial charge in [0.2, 0.25) is 0 Å². The predicted molar refractivity (Wildman–Crippen MR) is 91.7 cm³/mol. The topological polar surface area (TPSA) is 15.3 Å². The Balaban J connectivity index is 2.00. The van der Waals surface area contributed by atoms with Crippen LogP contribution in [0, 0.1) is 12.8 Å². The lowest BCUT2D eigenvalue weighted by atomic mass is 9.94. The molecule has 1 N–H and O–H groups in total. The van der Waals surface area contributed by atoms with Crippen molar-refractivity contribution in [3.63, 3.8) is 0 Å². The van der Waals surface area contributed by atoms with Gasteiger partial charge in [0.15, 0.2) is 0 Å². The molecule has 118 valence electrons. The molecule has 1 aliphatic rings. The summed E-state index contributed by atoms with van der Waals surface area (Å²) < 4.78 is 0. The Hall–Kier alpha value is -0.860. The third kappa shape index (κ3) is 5.12. The molecule has 0 radical (unpaired) electrons. The lowest BCUT2D eigenvalue weighted by Crippen LogP contribution is -2.41. The van der Waals surface area contributed by atoms with Crippen LogP contribution in [0.4, 0.5) is 0 Å². The summed E-state index contributed by atoms with van der Waals surface area (Å²) >= 11 is 0. The second kappa shape index (κ2) is 8.55. The van der Waals surface area contributed by atoms with Crippen molar-refractivity contribution in [2.75, 3.05) is 26.2 Å². The van der Waals surface area contributed by atoms with Crippen molar-refractivity contribution in [1.82, 2.24) is 10.2 Å². The van der Waals surface area contributed by atoms with Crippen LogP contribution in [-0.2, 0) is 0 Å². The Bertz CT molecular complexity index is 399. The summed E-state index contributed by atoms with van der Waals surface area (Å²) in [6, 6.07) is 9.54. The van der Waals surface area contributed by atoms with Crippen LogP contribution in [0.5, 0.6) is 0 Å². The number of rotatable bonds is 7. The Kier molecular flexibility index (Phi) is 6.72. The average Bonchev–Trinajstić information content (AvgIpc) is 2.52. The van der Waals surface area contributed by atoms with Crippen molar-refractivity contribution in [2.45, 2.75) is 52.5 Å². The molecule has 2 nitrogen and oxygen atoms in total. The number of nitrogens with zero attached hydrogens (tertiary/aromatic N) is 1. The van der Waals surface area contributed by atoms with Gasteiger partial charge >= 0.3 is 0 Å². The minimum Gasteiger partial charge on any atom is -0.309 e. The summed E-state index contributed by atoms with van der Waals surface area (Å²) in [5, 5.41) is 3.74. The fourth-order valence-corrected chi connectivity index (χ4v) is 3.31. The van der Waals surface area contributed by atoms with Crippen LogP contribution in [0.15, 0.2) is 24.3 Å². The maximum absolute atomic E-state index is 3.74. The Labute approximate surface area is 130 Å². The third-order valence-corrected chi connectivity index (χ3v) is 4.74. The molecule has 1 aliphatic heterocycles. The fourth-order valence-electron chi connectivity index (χ4n) is 3.31. The van der Waals surface area contributed by atoms with Gasteiger partial charge in [0.1, 0.15) is 0 Å². The molecule has 0 bridgehead atoms. The largest absolute Gasteiger partial charge is 0.309 e. The van der Waals surface area contributed by atoms with E-state index in [2.05, 4.69) is 55.3 Å². The van der Waals surface area contributed by atoms with Gasteiger partial charge in [-0.3, -0.25) is 0 Å². The number of benzene rings is 1. The van der Waals surface area contributed by atoms with E-state index in [4.69, 9.17) is 0 Å². The first kappa shape index (κ1) is 16.5. The summed E-state index contributed by atoms with van der Waals surface area (Å²) in [7, 11) is 0. The normalized spacial score (nSPS) is 21.4. The lowest BCUT2D eigenvalue weighted by Gasteiger charge is -2.35.